The molecule has 1 aliphatic heterocycles. The van der Waals surface area contributed by atoms with Gasteiger partial charge in [-0.3, -0.25) is 19.7 Å². The highest BCUT2D eigenvalue weighted by Crippen LogP contribution is 2.21. The second kappa shape index (κ2) is 7.64. The zero-order valence-electron chi connectivity index (χ0n) is 13.8. The smallest absolute Gasteiger partial charge is 0.273 e. The third-order valence-electron chi connectivity index (χ3n) is 3.96. The number of carbonyl (C=O) groups is 2. The lowest BCUT2D eigenvalue weighted by Crippen LogP contribution is -2.39. The van der Waals surface area contributed by atoms with Gasteiger partial charge in [0.2, 0.25) is 5.91 Å². The van der Waals surface area contributed by atoms with E-state index in [9.17, 15) is 19.7 Å². The third-order valence-corrected chi connectivity index (χ3v) is 3.96. The maximum Gasteiger partial charge on any atom is 0.273 e. The molecule has 8 heteroatoms. The number of non-ortho nitro benzene ring substituents is 1. The van der Waals surface area contributed by atoms with E-state index in [-0.39, 0.29) is 42.3 Å². The van der Waals surface area contributed by atoms with Crippen molar-refractivity contribution in [3.05, 3.63) is 64.7 Å². The van der Waals surface area contributed by atoms with Crippen LogP contribution in [0.5, 0.6) is 5.75 Å². The number of rotatable bonds is 6. The molecule has 2 aromatic carbocycles. The normalized spacial score (nSPS) is 16.4. The van der Waals surface area contributed by atoms with Gasteiger partial charge in [-0.15, -0.1) is 0 Å². The molecule has 0 saturated carbocycles. The van der Waals surface area contributed by atoms with Gasteiger partial charge in [0.1, 0.15) is 5.75 Å². The predicted molar refractivity (Wildman–Crippen MR) is 93.9 cm³/mol. The van der Waals surface area contributed by atoms with E-state index < -0.39 is 4.92 Å². The van der Waals surface area contributed by atoms with Crippen molar-refractivity contribution in [2.24, 2.45) is 0 Å². The first-order chi connectivity index (χ1) is 12.5. The third kappa shape index (κ3) is 4.15. The minimum absolute atomic E-state index is 0.0545. The summed E-state index contributed by atoms with van der Waals surface area (Å²) in [4.78, 5) is 36.0. The van der Waals surface area contributed by atoms with Crippen molar-refractivity contribution in [3.63, 3.8) is 0 Å². The fourth-order valence-electron chi connectivity index (χ4n) is 2.77. The summed E-state index contributed by atoms with van der Waals surface area (Å²) >= 11 is 0. The van der Waals surface area contributed by atoms with Crippen LogP contribution in [-0.2, 0) is 9.59 Å². The average Bonchev–Trinajstić information content (AvgIpc) is 3.01. The van der Waals surface area contributed by atoms with Crippen LogP contribution >= 0.6 is 0 Å². The van der Waals surface area contributed by atoms with Crippen LogP contribution in [0.1, 0.15) is 6.42 Å². The number of hydrogen-bond donors (Lipinski definition) is 1. The molecule has 1 fully saturated rings. The lowest BCUT2D eigenvalue weighted by Gasteiger charge is -2.17. The van der Waals surface area contributed by atoms with E-state index >= 15 is 0 Å². The topological polar surface area (TPSA) is 102 Å². The van der Waals surface area contributed by atoms with Crippen molar-refractivity contribution in [2.75, 3.05) is 18.1 Å². The van der Waals surface area contributed by atoms with Crippen LogP contribution in [0.15, 0.2) is 54.6 Å². The van der Waals surface area contributed by atoms with Crippen LogP contribution in [0.25, 0.3) is 0 Å². The molecule has 1 aliphatic rings. The fourth-order valence-corrected chi connectivity index (χ4v) is 2.77. The molecule has 26 heavy (non-hydrogen) atoms. The number of nitrogens with zero attached hydrogens (tertiary/aromatic N) is 2. The van der Waals surface area contributed by atoms with Gasteiger partial charge in [-0.05, 0) is 18.2 Å². The molecule has 2 aromatic rings. The van der Waals surface area contributed by atoms with Crippen LogP contribution in [0.3, 0.4) is 0 Å². The van der Waals surface area contributed by atoms with Crippen molar-refractivity contribution in [3.8, 4) is 5.75 Å². The summed E-state index contributed by atoms with van der Waals surface area (Å²) in [6.07, 6.45) is 0.220. The molecule has 0 unspecified atom stereocenters. The zero-order chi connectivity index (χ0) is 18.5. The van der Waals surface area contributed by atoms with Gasteiger partial charge in [0, 0.05) is 24.7 Å². The van der Waals surface area contributed by atoms with Crippen molar-refractivity contribution >= 4 is 23.2 Å². The Balaban J connectivity index is 1.52. The van der Waals surface area contributed by atoms with Gasteiger partial charge >= 0.3 is 0 Å². The van der Waals surface area contributed by atoms with Gasteiger partial charge < -0.3 is 15.0 Å². The molecule has 3 rings (SSSR count). The lowest BCUT2D eigenvalue weighted by atomic mass is 10.2. The minimum Gasteiger partial charge on any atom is -0.484 e. The van der Waals surface area contributed by atoms with E-state index in [0.717, 1.165) is 5.69 Å². The number of ether oxygens (including phenoxy) is 1. The highest BCUT2D eigenvalue weighted by atomic mass is 16.6. The molecule has 2 amide bonds. The second-order valence-electron chi connectivity index (χ2n) is 5.85. The molecule has 0 bridgehead atoms. The van der Waals surface area contributed by atoms with Crippen molar-refractivity contribution in [1.82, 2.24) is 5.32 Å². The van der Waals surface area contributed by atoms with Gasteiger partial charge in [0.25, 0.3) is 11.6 Å². The van der Waals surface area contributed by atoms with Crippen LogP contribution in [0, 0.1) is 10.1 Å². The summed E-state index contributed by atoms with van der Waals surface area (Å²) in [7, 11) is 0. The average molecular weight is 355 g/mol. The first kappa shape index (κ1) is 17.4. The molecule has 0 spiro atoms. The number of hydrogen-bond acceptors (Lipinski definition) is 5. The molecular formula is C18H17N3O5. The Morgan fingerprint density at radius 2 is 2.00 bits per heavy atom. The number of nitro benzene ring substituents is 1. The maximum atomic E-state index is 12.1. The highest BCUT2D eigenvalue weighted by molar-refractivity contribution is 5.96. The van der Waals surface area contributed by atoms with Gasteiger partial charge in [-0.2, -0.15) is 0 Å². The first-order valence-electron chi connectivity index (χ1n) is 8.05. The standard InChI is InChI=1S/C18H17N3O5/c22-17(12-26-16-8-4-7-15(10-16)21(24)25)19-13-9-18(23)20(11-13)14-5-2-1-3-6-14/h1-8,10,13H,9,11-12H2,(H,19,22)/t13-/m1/s1. The predicted octanol–water partition coefficient (Wildman–Crippen LogP) is 1.90. The summed E-state index contributed by atoms with van der Waals surface area (Å²) in [5, 5.41) is 13.5. The minimum atomic E-state index is -0.533. The van der Waals surface area contributed by atoms with Crippen LogP contribution in [-0.4, -0.2) is 35.9 Å². The quantitative estimate of drug-likeness (QED) is 0.630. The van der Waals surface area contributed by atoms with E-state index in [1.54, 1.807) is 4.90 Å². The van der Waals surface area contributed by atoms with Gasteiger partial charge in [-0.1, -0.05) is 24.3 Å². The highest BCUT2D eigenvalue weighted by Gasteiger charge is 2.31. The number of carbonyl (C=O) groups excluding carboxylic acids is 2. The summed E-state index contributed by atoms with van der Waals surface area (Å²) in [5.74, 6) is -0.201. The molecular weight excluding hydrogens is 338 g/mol. The van der Waals surface area contributed by atoms with Crippen molar-refractivity contribution < 1.29 is 19.2 Å². The molecule has 1 atom stereocenters. The Morgan fingerprint density at radius 1 is 1.23 bits per heavy atom. The van der Waals surface area contributed by atoms with Crippen LogP contribution in [0.4, 0.5) is 11.4 Å². The van der Waals surface area contributed by atoms with E-state index in [0.29, 0.717) is 6.54 Å². The number of amides is 2. The summed E-state index contributed by atoms with van der Waals surface area (Å²) in [5.41, 5.74) is 0.685. The number of benzene rings is 2. The molecule has 0 aromatic heterocycles. The van der Waals surface area contributed by atoms with Crippen molar-refractivity contribution in [1.29, 1.82) is 0 Å². The molecule has 0 radical (unpaired) electrons. The maximum absolute atomic E-state index is 12.1. The molecule has 134 valence electrons. The monoisotopic (exact) mass is 355 g/mol. The van der Waals surface area contributed by atoms with Crippen LogP contribution in [0.2, 0.25) is 0 Å². The Hall–Kier alpha value is -3.42. The zero-order valence-corrected chi connectivity index (χ0v) is 13.8. The molecule has 1 heterocycles. The Morgan fingerprint density at radius 3 is 2.73 bits per heavy atom. The van der Waals surface area contributed by atoms with Gasteiger partial charge in [0.05, 0.1) is 17.0 Å². The Kier molecular flexibility index (Phi) is 5.12. The van der Waals surface area contributed by atoms with Gasteiger partial charge in [-0.25, -0.2) is 0 Å². The fraction of sp³-hybridized carbons (Fsp3) is 0.222. The SMILES string of the molecule is O=C(COc1cccc([N+](=O)[O-])c1)N[C@@H]1CC(=O)N(c2ccccc2)C1. The summed E-state index contributed by atoms with van der Waals surface area (Å²) in [6, 6.07) is 14.6. The van der Waals surface area contributed by atoms with Gasteiger partial charge in [0.15, 0.2) is 6.61 Å². The van der Waals surface area contributed by atoms with E-state index in [4.69, 9.17) is 4.74 Å². The van der Waals surface area contributed by atoms with E-state index in [1.165, 1.54) is 24.3 Å². The molecule has 1 saturated heterocycles. The summed E-state index contributed by atoms with van der Waals surface area (Å²) in [6.45, 7) is 0.114. The summed E-state index contributed by atoms with van der Waals surface area (Å²) < 4.78 is 5.29. The lowest BCUT2D eigenvalue weighted by molar-refractivity contribution is -0.384. The van der Waals surface area contributed by atoms with Crippen LogP contribution < -0.4 is 15.0 Å². The molecule has 1 N–H and O–H groups in total. The first-order valence-corrected chi connectivity index (χ1v) is 8.05. The molecule has 8 nitrogen and oxygen atoms in total. The number of para-hydroxylation sites is 1. The largest absolute Gasteiger partial charge is 0.484 e. The number of anilines is 1. The molecule has 0 aliphatic carbocycles. The number of nitrogens with one attached hydrogen (secondary N) is 1. The second-order valence-corrected chi connectivity index (χ2v) is 5.85. The Labute approximate surface area is 149 Å². The number of nitro groups is 1. The Bertz CT molecular complexity index is 825. The van der Waals surface area contributed by atoms with E-state index in [2.05, 4.69) is 5.32 Å². The van der Waals surface area contributed by atoms with Crippen molar-refractivity contribution in [2.45, 2.75) is 12.5 Å². The van der Waals surface area contributed by atoms with E-state index in [1.807, 2.05) is 30.3 Å².